The highest BCUT2D eigenvalue weighted by Gasteiger charge is 2.48. The van der Waals surface area contributed by atoms with Gasteiger partial charge in [0.2, 0.25) is 0 Å². The van der Waals surface area contributed by atoms with Crippen molar-refractivity contribution in [1.82, 2.24) is 17.9 Å². The summed E-state index contributed by atoms with van der Waals surface area (Å²) in [5.41, 5.74) is -5.50. The van der Waals surface area contributed by atoms with Crippen LogP contribution in [0.4, 0.5) is 93.5 Å². The molecule has 8 bridgehead atoms. The van der Waals surface area contributed by atoms with Gasteiger partial charge in [0.1, 0.15) is 56.7 Å². The van der Waals surface area contributed by atoms with Gasteiger partial charge >= 0.3 is 14.4 Å². The summed E-state index contributed by atoms with van der Waals surface area (Å²) in [5, 5.41) is -7.71. The summed E-state index contributed by atoms with van der Waals surface area (Å²) in [4.78, 5) is 35.8. The Hall–Kier alpha value is -10.8. The lowest BCUT2D eigenvalue weighted by molar-refractivity contribution is 0.407. The summed E-state index contributed by atoms with van der Waals surface area (Å²) < 4.78 is 277. The molecule has 10 heterocycles. The van der Waals surface area contributed by atoms with E-state index in [2.05, 4.69) is 39.9 Å². The monoisotopic (exact) mass is 1300 g/mol. The number of halogens is 16. The van der Waals surface area contributed by atoms with Gasteiger partial charge in [-0.05, 0) is 58.4 Å². The van der Waals surface area contributed by atoms with E-state index in [4.69, 9.17) is 9.31 Å². The van der Waals surface area contributed by atoms with E-state index in [0.29, 0.717) is 0 Å². The molecule has 4 aromatic heterocycles. The van der Waals surface area contributed by atoms with Crippen LogP contribution in [0, 0.1) is 93.1 Å². The van der Waals surface area contributed by atoms with Gasteiger partial charge in [0.25, 0.3) is 0 Å². The van der Waals surface area contributed by atoms with Crippen molar-refractivity contribution in [2.24, 2.45) is 39.9 Å². The Labute approximate surface area is 512 Å². The summed E-state index contributed by atoms with van der Waals surface area (Å²) >= 11 is 0. The largest absolute Gasteiger partial charge is 0.633 e. The molecule has 6 aliphatic rings. The fourth-order valence-corrected chi connectivity index (χ4v) is 12.8. The molecule has 0 fully saturated rings. The maximum atomic E-state index is 17.0. The van der Waals surface area contributed by atoms with Crippen molar-refractivity contribution in [1.29, 1.82) is 0 Å². The Morgan fingerprint density at radius 1 is 0.298 bits per heavy atom. The normalized spacial score (nSPS) is 14.8. The molecule has 17 rings (SSSR count). The lowest BCUT2D eigenvalue weighted by atomic mass is 9.87. The van der Waals surface area contributed by atoms with Crippen LogP contribution < -0.4 is 31.3 Å². The minimum Gasteiger partial charge on any atom is -0.523 e. The molecule has 0 saturated heterocycles. The maximum Gasteiger partial charge on any atom is 0.633 e. The molecule has 0 N–H and O–H groups in total. The summed E-state index contributed by atoms with van der Waals surface area (Å²) in [7, 11) is -4.25. The Kier molecular flexibility index (Phi) is 11.2. The first-order chi connectivity index (χ1) is 44.5. The number of fused-ring (bicyclic) bond motifs is 20. The Bertz CT molecular complexity index is 5980. The zero-order valence-corrected chi connectivity index (χ0v) is 48.2. The Morgan fingerprint density at radius 3 is 0.989 bits per heavy atom. The molecular formula is C62H28B2F16N12O2. The molecule has 0 spiro atoms. The molecule has 6 aliphatic heterocycles. The first-order valence-corrected chi connectivity index (χ1v) is 28.1. The van der Waals surface area contributed by atoms with Gasteiger partial charge < -0.3 is 9.31 Å². The van der Waals surface area contributed by atoms with Crippen molar-refractivity contribution >= 4 is 104 Å². The van der Waals surface area contributed by atoms with Gasteiger partial charge in [0.05, 0.1) is 43.4 Å². The van der Waals surface area contributed by atoms with Crippen molar-refractivity contribution in [2.45, 2.75) is 52.4 Å². The van der Waals surface area contributed by atoms with E-state index in [1.165, 1.54) is 24.3 Å². The van der Waals surface area contributed by atoms with Crippen molar-refractivity contribution < 1.29 is 79.6 Å². The second-order valence-corrected chi connectivity index (χ2v) is 24.7. The molecule has 7 aromatic carbocycles. The molecular weight excluding hydrogens is 1270 g/mol. The quantitative estimate of drug-likeness (QED) is 0.0750. The molecule has 0 unspecified atom stereocenters. The van der Waals surface area contributed by atoms with Crippen LogP contribution in [0.25, 0.3) is 43.1 Å². The van der Waals surface area contributed by atoms with Crippen molar-refractivity contribution in [3.8, 4) is 11.5 Å². The summed E-state index contributed by atoms with van der Waals surface area (Å²) in [6, 6.07) is 14.5. The van der Waals surface area contributed by atoms with Crippen molar-refractivity contribution in [3.05, 3.63) is 209 Å². The second kappa shape index (κ2) is 18.5. The minimum absolute atomic E-state index is 0.0711. The molecule has 14 nitrogen and oxygen atoms in total. The molecule has 0 radical (unpaired) electrons. The Morgan fingerprint density at radius 2 is 0.585 bits per heavy atom. The van der Waals surface area contributed by atoms with Crippen LogP contribution in [0.15, 0.2) is 101 Å². The fourth-order valence-electron chi connectivity index (χ4n) is 12.8. The SMILES string of the molecule is CC(C)(C)c1ccc(OB2n3c4c5c(F)c(F)c(F)c(F)c5c3N=c3c5cc6c(cc5c(n32)=NC2=NC(=N4)c3c(F)c(F)c(F)c(F)c32)C2=NC6=Nc3c4c(F)c(F)c(F)c(F)c4c4n3B(Oc3ccc(C(C)(C)C)cc3)n3c(c5c(F)c(F)c(F)c(F)c5c3=N4)=N2)cc1. The zero-order chi connectivity index (χ0) is 66.0. The molecule has 0 atom stereocenters. The first-order valence-electron chi connectivity index (χ1n) is 28.1. The number of hydrogen-bond acceptors (Lipinski definition) is 10. The van der Waals surface area contributed by atoms with Crippen LogP contribution in [-0.4, -0.2) is 55.6 Å². The van der Waals surface area contributed by atoms with Gasteiger partial charge in [-0.2, -0.15) is 0 Å². The van der Waals surface area contributed by atoms with Crippen LogP contribution in [-0.2, 0) is 10.8 Å². The molecule has 466 valence electrons. The van der Waals surface area contributed by atoms with Gasteiger partial charge in [-0.25, -0.2) is 110 Å². The highest BCUT2D eigenvalue weighted by molar-refractivity contribution is 6.53. The number of rotatable bonds is 4. The van der Waals surface area contributed by atoms with E-state index in [1.807, 2.05) is 41.5 Å². The van der Waals surface area contributed by atoms with E-state index in [-0.39, 0.29) is 33.4 Å². The smallest absolute Gasteiger partial charge is 0.523 e. The van der Waals surface area contributed by atoms with E-state index in [1.54, 1.807) is 24.3 Å². The third-order valence-electron chi connectivity index (χ3n) is 17.3. The summed E-state index contributed by atoms with van der Waals surface area (Å²) in [6.45, 7) is 11.3. The number of aliphatic imine (C=N–C) groups is 4. The first kappa shape index (κ1) is 57.1. The van der Waals surface area contributed by atoms with Gasteiger partial charge in [0.15, 0.2) is 116 Å². The van der Waals surface area contributed by atoms with Gasteiger partial charge in [0, 0.05) is 21.9 Å². The molecule has 0 amide bonds. The standard InChI is InChI=1S/C62H28B2F16N12O2/c1-61(2,3)17-7-11-19(12-8-17)93-63-89-53-23-15-21-22(16-24(23)54(89)87-58-30-29(37(69)45(77)46(78)38(30)70)57(92(58)63)86-52-26-25(51(82-52)85-53)33(65)41(73)42(74)34(26)66)50-81-49(21)83-55-27-31(39(71)47(79)43(75)35(27)67)59-88-60-32-28(36(68)44(76)48(80)40(32)72)56(84-50)91(60)64(90(55)59)94-20-13-9-18(10-14-20)62(4,5)6/h7-16H,1-6H3. The number of aromatic nitrogens is 4. The topological polar surface area (TPSA) is 137 Å². The van der Waals surface area contributed by atoms with Gasteiger partial charge in [-0.15, -0.1) is 0 Å². The number of amidine groups is 4. The molecule has 94 heavy (non-hydrogen) atoms. The van der Waals surface area contributed by atoms with Crippen LogP contribution in [0.5, 0.6) is 11.5 Å². The number of hydrogen-bond donors (Lipinski definition) is 0. The van der Waals surface area contributed by atoms with Crippen molar-refractivity contribution in [3.63, 3.8) is 0 Å². The average Bonchev–Trinajstić information content (AvgIpc) is 1.52. The molecule has 0 saturated carbocycles. The molecule has 11 aromatic rings. The van der Waals surface area contributed by atoms with E-state index in [9.17, 15) is 0 Å². The lowest BCUT2D eigenvalue weighted by Gasteiger charge is -2.24. The van der Waals surface area contributed by atoms with Crippen LogP contribution in [0.2, 0.25) is 0 Å². The third-order valence-corrected chi connectivity index (χ3v) is 17.3. The highest BCUT2D eigenvalue weighted by atomic mass is 19.2. The Balaban J connectivity index is 1.04. The van der Waals surface area contributed by atoms with E-state index < -0.39 is 230 Å². The van der Waals surface area contributed by atoms with Gasteiger partial charge in [-0.3, -0.25) is 17.9 Å². The second-order valence-electron chi connectivity index (χ2n) is 24.7. The summed E-state index contributed by atoms with van der Waals surface area (Å²) in [6.07, 6.45) is 0. The molecule has 0 aliphatic carbocycles. The zero-order valence-electron chi connectivity index (χ0n) is 48.2. The van der Waals surface area contributed by atoms with Crippen LogP contribution in [0.1, 0.15) is 74.9 Å². The molecule has 32 heteroatoms. The third kappa shape index (κ3) is 7.20. The van der Waals surface area contributed by atoms with Crippen LogP contribution in [0.3, 0.4) is 0 Å². The summed E-state index contributed by atoms with van der Waals surface area (Å²) in [5.74, 6) is -43.3. The predicted molar refractivity (Wildman–Crippen MR) is 308 cm³/mol. The highest BCUT2D eigenvalue weighted by Crippen LogP contribution is 2.48. The predicted octanol–water partition coefficient (Wildman–Crippen LogP) is 12.7. The van der Waals surface area contributed by atoms with E-state index in [0.717, 1.165) is 41.2 Å². The van der Waals surface area contributed by atoms with Crippen LogP contribution >= 0.6 is 0 Å². The maximum absolute atomic E-state index is 17.0. The van der Waals surface area contributed by atoms with Gasteiger partial charge in [-0.1, -0.05) is 65.8 Å². The van der Waals surface area contributed by atoms with Crippen molar-refractivity contribution in [2.75, 3.05) is 0 Å². The average molecular weight is 1300 g/mol. The number of benzene rings is 7. The fraction of sp³-hybridized carbons (Fsp3) is 0.129. The van der Waals surface area contributed by atoms with E-state index >= 15 is 70.2 Å². The number of nitrogens with zero attached hydrogens (tertiary/aromatic N) is 12. The minimum atomic E-state index is -2.40. The lowest BCUT2D eigenvalue weighted by Crippen LogP contribution is -2.52.